The van der Waals surface area contributed by atoms with E-state index in [4.69, 9.17) is 9.47 Å². The van der Waals surface area contributed by atoms with Crippen molar-refractivity contribution < 1.29 is 19.1 Å². The third kappa shape index (κ3) is 3.88. The van der Waals surface area contributed by atoms with Gasteiger partial charge in [0.25, 0.3) is 0 Å². The molecule has 1 aromatic rings. The van der Waals surface area contributed by atoms with E-state index in [0.29, 0.717) is 17.0 Å². The molecule has 1 fully saturated rings. The summed E-state index contributed by atoms with van der Waals surface area (Å²) in [6.07, 6.45) is 0.487. The van der Waals surface area contributed by atoms with E-state index in [1.54, 1.807) is 5.38 Å². The molecule has 1 saturated heterocycles. The maximum Gasteiger partial charge on any atom is 0.308 e. The molecule has 1 aliphatic rings. The van der Waals surface area contributed by atoms with Gasteiger partial charge in [0.2, 0.25) is 0 Å². The topological polar surface area (TPSA) is 55.8 Å². The SMILES string of the molecule is CC(=O)Oc1csc(C(=O)CCN2CCOCC2)c1C. The van der Waals surface area contributed by atoms with Crippen LogP contribution in [0.2, 0.25) is 0 Å². The number of carbonyl (C=O) groups excluding carboxylic acids is 2. The molecule has 0 unspecified atom stereocenters. The van der Waals surface area contributed by atoms with Gasteiger partial charge in [0, 0.05) is 43.9 Å². The van der Waals surface area contributed by atoms with Gasteiger partial charge in [0.15, 0.2) is 5.78 Å². The van der Waals surface area contributed by atoms with Crippen LogP contribution >= 0.6 is 11.3 Å². The Balaban J connectivity index is 1.91. The van der Waals surface area contributed by atoms with E-state index in [-0.39, 0.29) is 11.8 Å². The predicted octanol–water partition coefficient (Wildman–Crippen LogP) is 1.89. The van der Waals surface area contributed by atoms with Crippen molar-refractivity contribution in [3.8, 4) is 5.75 Å². The first-order chi connectivity index (χ1) is 9.58. The summed E-state index contributed by atoms with van der Waals surface area (Å²) < 4.78 is 10.3. The third-order valence-corrected chi connectivity index (χ3v) is 4.36. The number of nitrogens with zero attached hydrogens (tertiary/aromatic N) is 1. The van der Waals surface area contributed by atoms with Crippen molar-refractivity contribution in [3.05, 3.63) is 15.8 Å². The number of esters is 1. The predicted molar refractivity (Wildman–Crippen MR) is 76.6 cm³/mol. The molecule has 0 aromatic carbocycles. The zero-order chi connectivity index (χ0) is 14.5. The molecular weight excluding hydrogens is 278 g/mol. The molecule has 2 heterocycles. The number of Topliss-reactive ketones (excluding diaryl/α,β-unsaturated/α-hetero) is 1. The molecule has 0 saturated carbocycles. The summed E-state index contributed by atoms with van der Waals surface area (Å²) in [5.41, 5.74) is 0.761. The number of thiophene rings is 1. The lowest BCUT2D eigenvalue weighted by Gasteiger charge is -2.26. The van der Waals surface area contributed by atoms with Crippen molar-refractivity contribution in [2.45, 2.75) is 20.3 Å². The molecule has 0 bridgehead atoms. The van der Waals surface area contributed by atoms with Crippen LogP contribution in [-0.2, 0) is 9.53 Å². The largest absolute Gasteiger partial charge is 0.426 e. The van der Waals surface area contributed by atoms with Crippen molar-refractivity contribution in [1.82, 2.24) is 4.90 Å². The summed E-state index contributed by atoms with van der Waals surface area (Å²) in [6, 6.07) is 0. The van der Waals surface area contributed by atoms with E-state index < -0.39 is 0 Å². The van der Waals surface area contributed by atoms with Crippen LogP contribution < -0.4 is 4.74 Å². The zero-order valence-corrected chi connectivity index (χ0v) is 12.6. The van der Waals surface area contributed by atoms with Gasteiger partial charge < -0.3 is 9.47 Å². The Morgan fingerprint density at radius 3 is 2.75 bits per heavy atom. The van der Waals surface area contributed by atoms with Crippen molar-refractivity contribution in [2.75, 3.05) is 32.8 Å². The number of ketones is 1. The number of carbonyl (C=O) groups is 2. The molecule has 20 heavy (non-hydrogen) atoms. The van der Waals surface area contributed by atoms with E-state index in [1.807, 2.05) is 6.92 Å². The van der Waals surface area contributed by atoms with Crippen LogP contribution in [0, 0.1) is 6.92 Å². The van der Waals surface area contributed by atoms with Gasteiger partial charge >= 0.3 is 5.97 Å². The van der Waals surface area contributed by atoms with Gasteiger partial charge in [0.05, 0.1) is 18.1 Å². The molecule has 0 amide bonds. The second-order valence-corrected chi connectivity index (χ2v) is 5.65. The third-order valence-electron chi connectivity index (χ3n) is 3.26. The van der Waals surface area contributed by atoms with Gasteiger partial charge in [-0.3, -0.25) is 14.5 Å². The highest BCUT2D eigenvalue weighted by atomic mass is 32.1. The zero-order valence-electron chi connectivity index (χ0n) is 11.8. The average Bonchev–Trinajstić information content (AvgIpc) is 2.78. The van der Waals surface area contributed by atoms with Gasteiger partial charge in [-0.15, -0.1) is 11.3 Å². The summed E-state index contributed by atoms with van der Waals surface area (Å²) >= 11 is 1.34. The lowest BCUT2D eigenvalue weighted by Crippen LogP contribution is -2.37. The molecule has 110 valence electrons. The number of ether oxygens (including phenoxy) is 2. The highest BCUT2D eigenvalue weighted by Gasteiger charge is 2.18. The van der Waals surface area contributed by atoms with E-state index >= 15 is 0 Å². The Hall–Kier alpha value is -1.24. The quantitative estimate of drug-likeness (QED) is 0.613. The maximum absolute atomic E-state index is 12.2. The molecule has 6 heteroatoms. The second-order valence-electron chi connectivity index (χ2n) is 4.77. The second kappa shape index (κ2) is 6.97. The number of rotatable bonds is 5. The van der Waals surface area contributed by atoms with E-state index in [1.165, 1.54) is 18.3 Å². The minimum atomic E-state index is -0.363. The van der Waals surface area contributed by atoms with Crippen molar-refractivity contribution in [3.63, 3.8) is 0 Å². The fraction of sp³-hybridized carbons (Fsp3) is 0.571. The van der Waals surface area contributed by atoms with Gasteiger partial charge in [-0.2, -0.15) is 0 Å². The summed E-state index contributed by atoms with van der Waals surface area (Å²) in [5, 5.41) is 1.72. The monoisotopic (exact) mass is 297 g/mol. The Morgan fingerprint density at radius 1 is 1.40 bits per heavy atom. The Bertz CT molecular complexity index is 491. The van der Waals surface area contributed by atoms with Gasteiger partial charge in [-0.25, -0.2) is 0 Å². The molecule has 0 aliphatic carbocycles. The molecule has 0 N–H and O–H groups in total. The molecule has 2 rings (SSSR count). The van der Waals surface area contributed by atoms with Gasteiger partial charge in [-0.1, -0.05) is 0 Å². The van der Waals surface area contributed by atoms with Crippen LogP contribution in [0.3, 0.4) is 0 Å². The van der Waals surface area contributed by atoms with Crippen LogP contribution in [0.5, 0.6) is 5.75 Å². The van der Waals surface area contributed by atoms with Crippen LogP contribution in [-0.4, -0.2) is 49.5 Å². The molecule has 0 spiro atoms. The first-order valence-electron chi connectivity index (χ1n) is 6.67. The summed E-state index contributed by atoms with van der Waals surface area (Å²) in [6.45, 7) is 7.17. The van der Waals surface area contributed by atoms with E-state index in [9.17, 15) is 9.59 Å². The molecule has 0 atom stereocenters. The highest BCUT2D eigenvalue weighted by molar-refractivity contribution is 7.12. The fourth-order valence-electron chi connectivity index (χ4n) is 2.13. The maximum atomic E-state index is 12.2. The average molecular weight is 297 g/mol. The Labute approximate surface area is 122 Å². The Morgan fingerprint density at radius 2 is 2.10 bits per heavy atom. The molecule has 1 aliphatic heterocycles. The van der Waals surface area contributed by atoms with E-state index in [0.717, 1.165) is 38.4 Å². The first kappa shape index (κ1) is 15.2. The van der Waals surface area contributed by atoms with Gasteiger partial charge in [-0.05, 0) is 6.92 Å². The molecular formula is C14H19NO4S. The number of hydrogen-bond acceptors (Lipinski definition) is 6. The van der Waals surface area contributed by atoms with Crippen molar-refractivity contribution in [2.24, 2.45) is 0 Å². The lowest BCUT2D eigenvalue weighted by molar-refractivity contribution is -0.131. The van der Waals surface area contributed by atoms with Crippen LogP contribution in [0.15, 0.2) is 5.38 Å². The normalized spacial score (nSPS) is 16.1. The minimum Gasteiger partial charge on any atom is -0.426 e. The molecule has 1 aromatic heterocycles. The fourth-order valence-corrected chi connectivity index (χ4v) is 3.09. The summed E-state index contributed by atoms with van der Waals surface area (Å²) in [7, 11) is 0. The minimum absolute atomic E-state index is 0.109. The van der Waals surface area contributed by atoms with Crippen LogP contribution in [0.25, 0.3) is 0 Å². The summed E-state index contributed by atoms with van der Waals surface area (Å²) in [4.78, 5) is 26.1. The first-order valence-corrected chi connectivity index (χ1v) is 7.55. The van der Waals surface area contributed by atoms with Crippen molar-refractivity contribution in [1.29, 1.82) is 0 Å². The molecule has 0 radical (unpaired) electrons. The standard InChI is InChI=1S/C14H19NO4S/c1-10-13(19-11(2)16)9-20-14(10)12(17)3-4-15-5-7-18-8-6-15/h9H,3-8H2,1-2H3. The molecule has 5 nitrogen and oxygen atoms in total. The summed E-state index contributed by atoms with van der Waals surface area (Å²) in [5.74, 6) is 0.243. The van der Waals surface area contributed by atoms with Crippen LogP contribution in [0.4, 0.5) is 0 Å². The lowest BCUT2D eigenvalue weighted by atomic mass is 10.1. The Kier molecular flexibility index (Phi) is 5.28. The smallest absolute Gasteiger partial charge is 0.308 e. The number of hydrogen-bond donors (Lipinski definition) is 0. The van der Waals surface area contributed by atoms with Crippen molar-refractivity contribution >= 4 is 23.1 Å². The van der Waals surface area contributed by atoms with E-state index in [2.05, 4.69) is 4.90 Å². The van der Waals surface area contributed by atoms with Gasteiger partial charge in [0.1, 0.15) is 5.75 Å². The number of morpholine rings is 1. The van der Waals surface area contributed by atoms with Crippen LogP contribution in [0.1, 0.15) is 28.6 Å². The highest BCUT2D eigenvalue weighted by Crippen LogP contribution is 2.29.